The number of rotatable bonds is 5. The quantitative estimate of drug-likeness (QED) is 0.906. The molecule has 0 aromatic heterocycles. The average molecular weight is 290 g/mol. The largest absolute Gasteiger partial charge is 0.491 e. The minimum absolute atomic E-state index is 0.000783. The van der Waals surface area contributed by atoms with Crippen LogP contribution in [0, 0.1) is 0 Å². The molecular weight excluding hydrogens is 264 g/mol. The van der Waals surface area contributed by atoms with E-state index in [-0.39, 0.29) is 18.1 Å². The van der Waals surface area contributed by atoms with E-state index in [2.05, 4.69) is 17.1 Å². The lowest BCUT2D eigenvalue weighted by molar-refractivity contribution is 0.0912. The number of carbonyl (C=O) groups is 1. The highest BCUT2D eigenvalue weighted by molar-refractivity contribution is 5.94. The number of hydrogen-bond acceptors (Lipinski definition) is 3. The summed E-state index contributed by atoms with van der Waals surface area (Å²) < 4.78 is 5.64. The van der Waals surface area contributed by atoms with E-state index >= 15 is 0 Å². The van der Waals surface area contributed by atoms with Crippen LogP contribution >= 0.6 is 0 Å². The first-order valence-electron chi connectivity index (χ1n) is 7.88. The molecule has 0 saturated carbocycles. The molecule has 1 heterocycles. The molecule has 1 aliphatic rings. The lowest BCUT2D eigenvalue weighted by Crippen LogP contribution is -2.44. The van der Waals surface area contributed by atoms with Crippen LogP contribution in [0.3, 0.4) is 0 Å². The monoisotopic (exact) mass is 290 g/mol. The fourth-order valence-electron chi connectivity index (χ4n) is 2.65. The Hall–Kier alpha value is -1.55. The van der Waals surface area contributed by atoms with E-state index in [0.29, 0.717) is 5.56 Å². The Bertz CT molecular complexity index is 466. The highest BCUT2D eigenvalue weighted by Crippen LogP contribution is 2.16. The second-order valence-corrected chi connectivity index (χ2v) is 5.88. The van der Waals surface area contributed by atoms with E-state index in [1.807, 2.05) is 38.1 Å². The number of ether oxygens (including phenoxy) is 1. The van der Waals surface area contributed by atoms with E-state index in [9.17, 15) is 4.79 Å². The molecule has 21 heavy (non-hydrogen) atoms. The number of carbonyl (C=O) groups excluding carboxylic acids is 1. The molecule has 0 bridgehead atoms. The van der Waals surface area contributed by atoms with Gasteiger partial charge in [-0.25, -0.2) is 0 Å². The zero-order valence-electron chi connectivity index (χ0n) is 13.3. The van der Waals surface area contributed by atoms with Gasteiger partial charge in [0, 0.05) is 24.7 Å². The molecule has 1 saturated heterocycles. The maximum atomic E-state index is 12.3. The van der Waals surface area contributed by atoms with E-state index in [1.54, 1.807) is 0 Å². The zero-order chi connectivity index (χ0) is 15.2. The molecule has 0 atom stereocenters. The minimum Gasteiger partial charge on any atom is -0.491 e. The molecule has 1 aromatic carbocycles. The molecule has 0 unspecified atom stereocenters. The maximum absolute atomic E-state index is 12.3. The summed E-state index contributed by atoms with van der Waals surface area (Å²) in [7, 11) is 0. The standard InChI is InChI=1S/C17H26N2O2/c1-4-19-10-8-15(9-11-19)18-17(20)14-6-5-7-16(12-14)21-13(2)3/h5-7,12-13,15H,4,8-11H2,1-3H3,(H,18,20). The number of benzene rings is 1. The van der Waals surface area contributed by atoms with Crippen molar-refractivity contribution in [1.82, 2.24) is 10.2 Å². The fourth-order valence-corrected chi connectivity index (χ4v) is 2.65. The lowest BCUT2D eigenvalue weighted by Gasteiger charge is -2.31. The van der Waals surface area contributed by atoms with Gasteiger partial charge in [0.1, 0.15) is 5.75 Å². The fraction of sp³-hybridized carbons (Fsp3) is 0.588. The molecule has 4 nitrogen and oxygen atoms in total. The van der Waals surface area contributed by atoms with Gasteiger partial charge in [-0.3, -0.25) is 4.79 Å². The van der Waals surface area contributed by atoms with E-state index in [0.717, 1.165) is 38.2 Å². The predicted octanol–water partition coefficient (Wildman–Crippen LogP) is 2.69. The van der Waals surface area contributed by atoms with Crippen molar-refractivity contribution in [2.24, 2.45) is 0 Å². The summed E-state index contributed by atoms with van der Waals surface area (Å²) in [5.41, 5.74) is 0.672. The van der Waals surface area contributed by atoms with Gasteiger partial charge >= 0.3 is 0 Å². The molecule has 0 spiro atoms. The number of nitrogens with one attached hydrogen (secondary N) is 1. The van der Waals surface area contributed by atoms with Crippen molar-refractivity contribution in [2.45, 2.75) is 45.8 Å². The van der Waals surface area contributed by atoms with Crippen LogP contribution in [0.1, 0.15) is 44.0 Å². The van der Waals surface area contributed by atoms with Crippen molar-refractivity contribution < 1.29 is 9.53 Å². The molecule has 116 valence electrons. The van der Waals surface area contributed by atoms with Gasteiger partial charge in [0.2, 0.25) is 0 Å². The van der Waals surface area contributed by atoms with Crippen LogP contribution in [0.2, 0.25) is 0 Å². The Morgan fingerprint density at radius 2 is 2.10 bits per heavy atom. The van der Waals surface area contributed by atoms with Crippen LogP contribution in [0.5, 0.6) is 5.75 Å². The van der Waals surface area contributed by atoms with Crippen molar-refractivity contribution in [1.29, 1.82) is 0 Å². The maximum Gasteiger partial charge on any atom is 0.251 e. The molecule has 1 N–H and O–H groups in total. The Labute approximate surface area is 127 Å². The molecule has 0 aliphatic carbocycles. The Morgan fingerprint density at radius 1 is 1.38 bits per heavy atom. The highest BCUT2D eigenvalue weighted by atomic mass is 16.5. The topological polar surface area (TPSA) is 41.6 Å². The molecule has 0 radical (unpaired) electrons. The number of piperidine rings is 1. The minimum atomic E-state index is -0.000783. The summed E-state index contributed by atoms with van der Waals surface area (Å²) in [5, 5.41) is 3.14. The molecular formula is C17H26N2O2. The van der Waals surface area contributed by atoms with Crippen LogP contribution in [0.15, 0.2) is 24.3 Å². The average Bonchev–Trinajstić information content (AvgIpc) is 2.47. The third kappa shape index (κ3) is 4.74. The summed E-state index contributed by atoms with van der Waals surface area (Å²) in [6.45, 7) is 9.37. The number of nitrogens with zero attached hydrogens (tertiary/aromatic N) is 1. The van der Waals surface area contributed by atoms with Crippen LogP contribution in [-0.4, -0.2) is 42.6 Å². The van der Waals surface area contributed by atoms with Gasteiger partial charge < -0.3 is 15.0 Å². The molecule has 1 aliphatic heterocycles. The van der Waals surface area contributed by atoms with E-state index in [1.165, 1.54) is 0 Å². The van der Waals surface area contributed by atoms with Gasteiger partial charge in [-0.1, -0.05) is 13.0 Å². The Morgan fingerprint density at radius 3 is 2.71 bits per heavy atom. The zero-order valence-corrected chi connectivity index (χ0v) is 13.3. The first kappa shape index (κ1) is 15.8. The van der Waals surface area contributed by atoms with Gasteiger partial charge in [0.15, 0.2) is 0 Å². The normalized spacial score (nSPS) is 17.0. The van der Waals surface area contributed by atoms with Crippen LogP contribution in [0.4, 0.5) is 0 Å². The number of likely N-dealkylation sites (tertiary alicyclic amines) is 1. The Balaban J connectivity index is 1.91. The van der Waals surface area contributed by atoms with Crippen LogP contribution < -0.4 is 10.1 Å². The molecule has 1 aromatic rings. The number of hydrogen-bond donors (Lipinski definition) is 1. The van der Waals surface area contributed by atoms with Crippen molar-refractivity contribution in [3.05, 3.63) is 29.8 Å². The summed E-state index contributed by atoms with van der Waals surface area (Å²) in [6, 6.07) is 7.69. The molecule has 2 rings (SSSR count). The van der Waals surface area contributed by atoms with Crippen molar-refractivity contribution in [2.75, 3.05) is 19.6 Å². The first-order valence-corrected chi connectivity index (χ1v) is 7.88. The third-order valence-corrected chi connectivity index (χ3v) is 3.84. The van der Waals surface area contributed by atoms with Crippen LogP contribution in [-0.2, 0) is 0 Å². The smallest absolute Gasteiger partial charge is 0.251 e. The van der Waals surface area contributed by atoms with Gasteiger partial charge in [0.25, 0.3) is 5.91 Å². The summed E-state index contributed by atoms with van der Waals surface area (Å²) in [4.78, 5) is 14.7. The highest BCUT2D eigenvalue weighted by Gasteiger charge is 2.20. The lowest BCUT2D eigenvalue weighted by atomic mass is 10.0. The molecule has 4 heteroatoms. The second-order valence-electron chi connectivity index (χ2n) is 5.88. The molecule has 1 amide bonds. The van der Waals surface area contributed by atoms with E-state index < -0.39 is 0 Å². The number of amides is 1. The third-order valence-electron chi connectivity index (χ3n) is 3.84. The summed E-state index contributed by atoms with van der Waals surface area (Å²) in [5.74, 6) is 0.748. The van der Waals surface area contributed by atoms with Crippen molar-refractivity contribution in [3.63, 3.8) is 0 Å². The Kier molecular flexibility index (Phi) is 5.62. The predicted molar refractivity (Wildman–Crippen MR) is 84.8 cm³/mol. The molecule has 1 fully saturated rings. The van der Waals surface area contributed by atoms with Gasteiger partial charge in [-0.2, -0.15) is 0 Å². The van der Waals surface area contributed by atoms with Crippen LogP contribution in [0.25, 0.3) is 0 Å². The summed E-state index contributed by atoms with van der Waals surface area (Å²) in [6.07, 6.45) is 2.17. The van der Waals surface area contributed by atoms with E-state index in [4.69, 9.17) is 4.74 Å². The first-order chi connectivity index (χ1) is 10.1. The summed E-state index contributed by atoms with van der Waals surface area (Å²) >= 11 is 0. The van der Waals surface area contributed by atoms with Gasteiger partial charge in [-0.05, 0) is 51.4 Å². The second kappa shape index (κ2) is 7.46. The van der Waals surface area contributed by atoms with Gasteiger partial charge in [-0.15, -0.1) is 0 Å². The van der Waals surface area contributed by atoms with Crippen molar-refractivity contribution >= 4 is 5.91 Å². The SMILES string of the molecule is CCN1CCC(NC(=O)c2cccc(OC(C)C)c2)CC1. The van der Waals surface area contributed by atoms with Gasteiger partial charge in [0.05, 0.1) is 6.10 Å². The van der Waals surface area contributed by atoms with Crippen molar-refractivity contribution in [3.8, 4) is 5.75 Å².